The van der Waals surface area contributed by atoms with Crippen LogP contribution in [0.5, 0.6) is 0 Å². The number of anilines is 2. The summed E-state index contributed by atoms with van der Waals surface area (Å²) in [6.07, 6.45) is 4.73. The van der Waals surface area contributed by atoms with E-state index in [9.17, 15) is 9.90 Å². The number of hydrogen-bond donors (Lipinski definition) is 1. The molecule has 1 N–H and O–H groups in total. The Kier molecular flexibility index (Phi) is 10.8. The molecule has 176 valence electrons. The fourth-order valence-electron chi connectivity index (χ4n) is 3.09. The number of fused-ring (bicyclic) bond motifs is 1. The number of para-hydroxylation sites is 1. The van der Waals surface area contributed by atoms with E-state index >= 15 is 0 Å². The van der Waals surface area contributed by atoms with E-state index < -0.39 is 10.7 Å². The molecule has 1 aliphatic rings. The number of benzene rings is 2. The molecule has 3 nitrogen and oxygen atoms in total. The third kappa shape index (κ3) is 7.39. The quantitative estimate of drug-likeness (QED) is 0.394. The number of carboxylic acids is 1. The fourth-order valence-corrected chi connectivity index (χ4v) is 5.79. The molecule has 0 saturated carbocycles. The van der Waals surface area contributed by atoms with Crippen molar-refractivity contribution in [2.24, 2.45) is 5.92 Å². The minimum atomic E-state index is -0.791. The van der Waals surface area contributed by atoms with Gasteiger partial charge in [0, 0.05) is 33.5 Å². The maximum absolute atomic E-state index is 11.5. The molecule has 1 aliphatic heterocycles. The highest BCUT2D eigenvalue weighted by molar-refractivity contribution is 8.01. The average molecular weight is 492 g/mol. The van der Waals surface area contributed by atoms with E-state index in [1.807, 2.05) is 11.8 Å². The predicted octanol–water partition coefficient (Wildman–Crippen LogP) is 8.19. The second-order valence-electron chi connectivity index (χ2n) is 8.60. The van der Waals surface area contributed by atoms with Crippen molar-refractivity contribution in [1.29, 1.82) is 0 Å². The van der Waals surface area contributed by atoms with Gasteiger partial charge in [0.2, 0.25) is 0 Å². The number of thioether (sulfide) groups is 3. The van der Waals surface area contributed by atoms with Crippen molar-refractivity contribution in [3.8, 4) is 0 Å². The van der Waals surface area contributed by atoms with Gasteiger partial charge in [0.25, 0.3) is 0 Å². The Morgan fingerprint density at radius 3 is 2.41 bits per heavy atom. The molecule has 0 fully saturated rings. The standard InChI is InChI=1S/C22H27NO2S3.C4H10/c1-15-12-23(17-8-6-5-7-9-17)18-11-19(26-4)16(10-20(18)27-13-15)14-28-22(2,3)21(24)25;1-3-4-2/h5-11,15H,12-14H2,1-4H3,(H,24,25);3-4H2,1-2H3. The second-order valence-corrected chi connectivity index (χ2v) is 12.1. The van der Waals surface area contributed by atoms with Crippen LogP contribution in [0.3, 0.4) is 0 Å². The van der Waals surface area contributed by atoms with Gasteiger partial charge in [0.05, 0.1) is 5.69 Å². The summed E-state index contributed by atoms with van der Waals surface area (Å²) < 4.78 is -0.791. The Hall–Kier alpha value is -1.24. The number of carboxylic acid groups (broad SMARTS) is 1. The van der Waals surface area contributed by atoms with Crippen molar-refractivity contribution in [3.05, 3.63) is 48.0 Å². The highest BCUT2D eigenvalue weighted by atomic mass is 32.2. The van der Waals surface area contributed by atoms with Crippen LogP contribution in [-0.2, 0) is 10.5 Å². The molecule has 6 heteroatoms. The maximum atomic E-state index is 11.5. The van der Waals surface area contributed by atoms with Crippen molar-refractivity contribution in [3.63, 3.8) is 0 Å². The number of rotatable bonds is 7. The van der Waals surface area contributed by atoms with E-state index in [0.29, 0.717) is 11.7 Å². The molecular formula is C26H37NO2S3. The monoisotopic (exact) mass is 491 g/mol. The fraction of sp³-hybridized carbons (Fsp3) is 0.500. The van der Waals surface area contributed by atoms with Crippen LogP contribution >= 0.6 is 35.3 Å². The molecule has 2 aromatic rings. The molecule has 3 rings (SSSR count). The highest BCUT2D eigenvalue weighted by Gasteiger charge is 2.29. The number of nitrogens with zero attached hydrogens (tertiary/aromatic N) is 1. The van der Waals surface area contributed by atoms with Gasteiger partial charge in [-0.15, -0.1) is 35.3 Å². The summed E-state index contributed by atoms with van der Waals surface area (Å²) in [5.74, 6) is 1.60. The average Bonchev–Trinajstić information content (AvgIpc) is 2.96. The smallest absolute Gasteiger partial charge is 0.319 e. The zero-order chi connectivity index (χ0) is 23.7. The van der Waals surface area contributed by atoms with Crippen molar-refractivity contribution in [2.75, 3.05) is 23.5 Å². The van der Waals surface area contributed by atoms with Crippen LogP contribution in [0.4, 0.5) is 11.4 Å². The summed E-state index contributed by atoms with van der Waals surface area (Å²) in [6.45, 7) is 11.2. The van der Waals surface area contributed by atoms with Crippen LogP contribution in [0.2, 0.25) is 0 Å². The first-order chi connectivity index (χ1) is 15.2. The Morgan fingerprint density at radius 2 is 1.84 bits per heavy atom. The Morgan fingerprint density at radius 1 is 1.19 bits per heavy atom. The Balaban J connectivity index is 0.000000837. The molecule has 1 atom stereocenters. The summed E-state index contributed by atoms with van der Waals surface area (Å²) in [5, 5.41) is 9.43. The molecular weight excluding hydrogens is 454 g/mol. The van der Waals surface area contributed by atoms with Crippen LogP contribution in [-0.4, -0.2) is 34.4 Å². The third-order valence-corrected chi connectivity index (χ3v) is 8.89. The van der Waals surface area contributed by atoms with E-state index in [2.05, 4.69) is 74.4 Å². The molecule has 0 radical (unpaired) electrons. The lowest BCUT2D eigenvalue weighted by atomic mass is 10.1. The number of hydrogen-bond acceptors (Lipinski definition) is 5. The van der Waals surface area contributed by atoms with Gasteiger partial charge in [-0.1, -0.05) is 51.8 Å². The summed E-state index contributed by atoms with van der Waals surface area (Å²) in [6, 6.07) is 15.2. The number of carbonyl (C=O) groups is 1. The lowest BCUT2D eigenvalue weighted by molar-refractivity contribution is -0.138. The lowest BCUT2D eigenvalue weighted by Crippen LogP contribution is -2.27. The third-order valence-electron chi connectivity index (χ3n) is 5.34. The van der Waals surface area contributed by atoms with Gasteiger partial charge in [-0.25, -0.2) is 0 Å². The molecule has 0 bridgehead atoms. The summed E-state index contributed by atoms with van der Waals surface area (Å²) in [4.78, 5) is 16.4. The zero-order valence-electron chi connectivity index (χ0n) is 20.2. The first-order valence-electron chi connectivity index (χ1n) is 11.3. The van der Waals surface area contributed by atoms with Crippen LogP contribution < -0.4 is 4.90 Å². The topological polar surface area (TPSA) is 40.5 Å². The lowest BCUT2D eigenvalue weighted by Gasteiger charge is -2.28. The SMILES string of the molecule is CCCC.CSc1cc2c(cc1CSC(C)(C)C(=O)O)SCC(C)CN2c1ccccc1. The van der Waals surface area contributed by atoms with Gasteiger partial charge in [-0.05, 0) is 55.9 Å². The van der Waals surface area contributed by atoms with Gasteiger partial charge in [-0.2, -0.15) is 0 Å². The van der Waals surface area contributed by atoms with Gasteiger partial charge in [-0.3, -0.25) is 4.79 Å². The molecule has 2 aromatic carbocycles. The van der Waals surface area contributed by atoms with Crippen LogP contribution in [0.1, 0.15) is 53.0 Å². The van der Waals surface area contributed by atoms with Gasteiger partial charge >= 0.3 is 5.97 Å². The van der Waals surface area contributed by atoms with Gasteiger partial charge < -0.3 is 10.0 Å². The Labute approximate surface area is 207 Å². The molecule has 1 unspecified atom stereocenters. The first kappa shape index (κ1) is 27.0. The van der Waals surface area contributed by atoms with Crippen LogP contribution in [0, 0.1) is 5.92 Å². The van der Waals surface area contributed by atoms with Crippen molar-refractivity contribution in [2.45, 2.75) is 67.8 Å². The number of unbranched alkanes of at least 4 members (excludes halogenated alkanes) is 1. The molecule has 0 amide bonds. The largest absolute Gasteiger partial charge is 0.480 e. The molecule has 1 heterocycles. The molecule has 0 saturated heterocycles. The first-order valence-corrected chi connectivity index (χ1v) is 14.5. The van der Waals surface area contributed by atoms with Gasteiger partial charge in [0.15, 0.2) is 0 Å². The second kappa shape index (κ2) is 12.9. The summed E-state index contributed by atoms with van der Waals surface area (Å²) in [5.41, 5.74) is 3.70. The summed E-state index contributed by atoms with van der Waals surface area (Å²) in [7, 11) is 0. The van der Waals surface area contributed by atoms with Crippen LogP contribution in [0.15, 0.2) is 52.3 Å². The van der Waals surface area contributed by atoms with Crippen molar-refractivity contribution in [1.82, 2.24) is 0 Å². The molecule has 0 spiro atoms. The molecule has 0 aromatic heterocycles. The highest BCUT2D eigenvalue weighted by Crippen LogP contribution is 2.44. The van der Waals surface area contributed by atoms with E-state index in [1.54, 1.807) is 25.6 Å². The zero-order valence-corrected chi connectivity index (χ0v) is 22.6. The predicted molar refractivity (Wildman–Crippen MR) is 145 cm³/mol. The molecule has 0 aliphatic carbocycles. The van der Waals surface area contributed by atoms with Crippen LogP contribution in [0.25, 0.3) is 0 Å². The van der Waals surface area contributed by atoms with E-state index in [1.165, 1.54) is 51.3 Å². The van der Waals surface area contributed by atoms with E-state index in [0.717, 1.165) is 12.3 Å². The van der Waals surface area contributed by atoms with Crippen molar-refractivity contribution < 1.29 is 9.90 Å². The maximum Gasteiger partial charge on any atom is 0.319 e. The van der Waals surface area contributed by atoms with Crippen molar-refractivity contribution >= 4 is 52.6 Å². The summed E-state index contributed by atoms with van der Waals surface area (Å²) >= 11 is 5.14. The normalized spacial score (nSPS) is 15.9. The minimum absolute atomic E-state index is 0.583. The van der Waals surface area contributed by atoms with Gasteiger partial charge in [0.1, 0.15) is 4.75 Å². The van der Waals surface area contributed by atoms with E-state index in [-0.39, 0.29) is 0 Å². The Bertz CT molecular complexity index is 869. The van der Waals surface area contributed by atoms with E-state index in [4.69, 9.17) is 0 Å². The minimum Gasteiger partial charge on any atom is -0.480 e. The number of aliphatic carboxylic acids is 1. The molecule has 32 heavy (non-hydrogen) atoms.